The largest absolute Gasteiger partial charge is 0.546 e. The molecule has 0 saturated heterocycles. The average Bonchev–Trinajstić information content (AvgIpc) is 2.32. The summed E-state index contributed by atoms with van der Waals surface area (Å²) in [6.07, 6.45) is 12.9. The van der Waals surface area contributed by atoms with Crippen molar-refractivity contribution in [2.75, 3.05) is 0 Å². The van der Waals surface area contributed by atoms with E-state index in [-0.39, 0.29) is 0 Å². The average molecular weight is 282 g/mol. The van der Waals surface area contributed by atoms with Gasteiger partial charge in [0.15, 0.2) is 0 Å². The molecule has 0 heterocycles. The summed E-state index contributed by atoms with van der Waals surface area (Å²) in [4.78, 5) is 0. The van der Waals surface area contributed by atoms with E-state index >= 15 is 0 Å². The molecule has 1 rings (SSSR count). The van der Waals surface area contributed by atoms with Gasteiger partial charge in [-0.15, -0.1) is 0 Å². The molecule has 0 amide bonds. The van der Waals surface area contributed by atoms with Gasteiger partial charge in [0.1, 0.15) is 0 Å². The van der Waals surface area contributed by atoms with Gasteiger partial charge < -0.3 is 4.43 Å². The Morgan fingerprint density at radius 1 is 1.05 bits per heavy atom. The molecule has 0 aromatic rings. The van der Waals surface area contributed by atoms with E-state index in [0.717, 1.165) is 12.3 Å². The van der Waals surface area contributed by atoms with E-state index in [1.807, 2.05) is 0 Å². The molecular weight excluding hydrogens is 248 g/mol. The second-order valence-corrected chi connectivity index (χ2v) is 9.29. The third-order valence-electron chi connectivity index (χ3n) is 4.16. The summed E-state index contributed by atoms with van der Waals surface area (Å²) in [5, 5.41) is 0. The lowest BCUT2D eigenvalue weighted by Crippen LogP contribution is -2.20. The summed E-state index contributed by atoms with van der Waals surface area (Å²) in [6.45, 7) is 11.7. The number of hydrogen-bond acceptors (Lipinski definition) is 1. The Labute approximate surface area is 122 Å². The normalized spacial score (nSPS) is 26.4. The topological polar surface area (TPSA) is 9.23 Å². The van der Waals surface area contributed by atoms with Gasteiger partial charge in [-0.05, 0) is 62.6 Å². The first-order valence-corrected chi connectivity index (χ1v) is 10.5. The van der Waals surface area contributed by atoms with Crippen molar-refractivity contribution in [3.05, 3.63) is 11.8 Å². The Bertz CT molecular complexity index is 275. The number of allylic oxidation sites excluding steroid dienone is 2. The molecule has 1 atom stereocenters. The summed E-state index contributed by atoms with van der Waals surface area (Å²) >= 11 is 0. The van der Waals surface area contributed by atoms with Crippen molar-refractivity contribution in [1.29, 1.82) is 0 Å². The first-order chi connectivity index (χ1) is 8.89. The second kappa shape index (κ2) is 8.14. The lowest BCUT2D eigenvalue weighted by molar-refractivity contribution is 0.202. The van der Waals surface area contributed by atoms with Crippen LogP contribution in [-0.2, 0) is 4.43 Å². The van der Waals surface area contributed by atoms with Crippen LogP contribution in [0.5, 0.6) is 0 Å². The van der Waals surface area contributed by atoms with Crippen LogP contribution in [0.1, 0.15) is 72.1 Å². The maximum atomic E-state index is 6.02. The minimum atomic E-state index is -0.593. The van der Waals surface area contributed by atoms with Crippen molar-refractivity contribution in [2.24, 2.45) is 11.3 Å². The highest BCUT2D eigenvalue weighted by atomic mass is 28.3. The predicted molar refractivity (Wildman–Crippen MR) is 86.5 cm³/mol. The molecule has 111 valence electrons. The van der Waals surface area contributed by atoms with E-state index in [4.69, 9.17) is 4.43 Å². The van der Waals surface area contributed by atoms with Crippen molar-refractivity contribution >= 4 is 9.04 Å². The Kier molecular flexibility index (Phi) is 7.20. The molecule has 0 aromatic heterocycles. The van der Waals surface area contributed by atoms with Crippen LogP contribution in [0, 0.1) is 11.3 Å². The highest BCUT2D eigenvalue weighted by Crippen LogP contribution is 2.35. The van der Waals surface area contributed by atoms with Gasteiger partial charge in [-0.1, -0.05) is 33.6 Å². The quantitative estimate of drug-likeness (QED) is 0.570. The van der Waals surface area contributed by atoms with Gasteiger partial charge in [0.05, 0.1) is 5.76 Å². The highest BCUT2D eigenvalue weighted by Gasteiger charge is 2.23. The molecule has 1 unspecified atom stereocenters. The highest BCUT2D eigenvalue weighted by molar-refractivity contribution is 6.48. The third-order valence-corrected chi connectivity index (χ3v) is 4.83. The third kappa shape index (κ3) is 7.19. The Morgan fingerprint density at radius 3 is 2.26 bits per heavy atom. The molecule has 0 spiro atoms. The minimum absolute atomic E-state index is 0.476. The lowest BCUT2D eigenvalue weighted by Gasteiger charge is -2.31. The molecule has 1 aliphatic carbocycles. The van der Waals surface area contributed by atoms with Crippen molar-refractivity contribution in [2.45, 2.75) is 85.2 Å². The zero-order valence-corrected chi connectivity index (χ0v) is 14.7. The number of rotatable bonds is 2. The molecule has 0 saturated carbocycles. The minimum Gasteiger partial charge on any atom is -0.546 e. The van der Waals surface area contributed by atoms with E-state index in [2.05, 4.69) is 39.9 Å². The van der Waals surface area contributed by atoms with Crippen LogP contribution in [0.4, 0.5) is 0 Å². The van der Waals surface area contributed by atoms with Crippen molar-refractivity contribution in [3.63, 3.8) is 0 Å². The Hall–Kier alpha value is -0.243. The van der Waals surface area contributed by atoms with Crippen molar-refractivity contribution < 1.29 is 4.43 Å². The SMILES string of the molecule is C[Si](C)O/C1=C/CCCCC(C(C)(C)C)CCCC1. The molecule has 0 N–H and O–H groups in total. The van der Waals surface area contributed by atoms with Crippen molar-refractivity contribution in [3.8, 4) is 0 Å². The van der Waals surface area contributed by atoms with Gasteiger partial charge in [0, 0.05) is 6.42 Å². The van der Waals surface area contributed by atoms with Crippen LogP contribution in [0.2, 0.25) is 13.1 Å². The first-order valence-electron chi connectivity index (χ1n) is 8.06. The van der Waals surface area contributed by atoms with E-state index in [1.54, 1.807) is 0 Å². The molecule has 0 bridgehead atoms. The van der Waals surface area contributed by atoms with Crippen LogP contribution in [0.25, 0.3) is 0 Å². The lowest BCUT2D eigenvalue weighted by atomic mass is 9.75. The molecule has 1 nitrogen and oxygen atoms in total. The molecule has 1 radical (unpaired) electrons. The summed E-state index contributed by atoms with van der Waals surface area (Å²) in [5.41, 5.74) is 0.476. The zero-order chi connectivity index (χ0) is 14.3. The summed E-state index contributed by atoms with van der Waals surface area (Å²) in [7, 11) is -0.593. The Balaban J connectivity index is 2.52. The van der Waals surface area contributed by atoms with E-state index < -0.39 is 9.04 Å². The van der Waals surface area contributed by atoms with Gasteiger partial charge in [0.25, 0.3) is 9.04 Å². The molecule has 0 aliphatic heterocycles. The molecule has 2 heteroatoms. The molecule has 0 aromatic carbocycles. The van der Waals surface area contributed by atoms with E-state index in [9.17, 15) is 0 Å². The van der Waals surface area contributed by atoms with Gasteiger partial charge in [-0.2, -0.15) is 0 Å². The van der Waals surface area contributed by atoms with Crippen LogP contribution >= 0.6 is 0 Å². The maximum absolute atomic E-state index is 6.02. The van der Waals surface area contributed by atoms with Crippen LogP contribution in [-0.4, -0.2) is 9.04 Å². The molecule has 1 aliphatic rings. The van der Waals surface area contributed by atoms with Crippen LogP contribution < -0.4 is 0 Å². The zero-order valence-electron chi connectivity index (χ0n) is 13.7. The van der Waals surface area contributed by atoms with E-state index in [0.29, 0.717) is 5.41 Å². The summed E-state index contributed by atoms with van der Waals surface area (Å²) in [6, 6.07) is 0. The standard InChI is InChI=1S/C17H33OSi/c1-17(2,3)15-11-7-6-8-13-16(18-19(4)5)14-10-9-12-15/h13,15H,6-12,14H2,1-5H3/b16-13+. The fraction of sp³-hybridized carbons (Fsp3) is 0.882. The molecular formula is C17H33OSi. The van der Waals surface area contributed by atoms with Crippen LogP contribution in [0.3, 0.4) is 0 Å². The van der Waals surface area contributed by atoms with Gasteiger partial charge >= 0.3 is 0 Å². The molecule has 0 fully saturated rings. The monoisotopic (exact) mass is 281 g/mol. The number of hydrogen-bond donors (Lipinski definition) is 0. The fourth-order valence-electron chi connectivity index (χ4n) is 2.96. The Morgan fingerprint density at radius 2 is 1.68 bits per heavy atom. The van der Waals surface area contributed by atoms with Gasteiger partial charge in [0.2, 0.25) is 0 Å². The van der Waals surface area contributed by atoms with E-state index in [1.165, 1.54) is 50.7 Å². The molecule has 19 heavy (non-hydrogen) atoms. The van der Waals surface area contributed by atoms with Crippen molar-refractivity contribution in [1.82, 2.24) is 0 Å². The first kappa shape index (κ1) is 16.8. The van der Waals surface area contributed by atoms with Gasteiger partial charge in [-0.3, -0.25) is 0 Å². The summed E-state index contributed by atoms with van der Waals surface area (Å²) in [5.74, 6) is 2.18. The predicted octanol–water partition coefficient (Wildman–Crippen LogP) is 5.93. The fourth-order valence-corrected chi connectivity index (χ4v) is 3.67. The maximum Gasteiger partial charge on any atom is 0.273 e. The summed E-state index contributed by atoms with van der Waals surface area (Å²) < 4.78 is 6.02. The second-order valence-electron chi connectivity index (χ2n) is 7.27. The van der Waals surface area contributed by atoms with Gasteiger partial charge in [-0.25, -0.2) is 0 Å². The van der Waals surface area contributed by atoms with Crippen LogP contribution in [0.15, 0.2) is 11.8 Å². The smallest absolute Gasteiger partial charge is 0.273 e.